The van der Waals surface area contributed by atoms with Gasteiger partial charge in [0.2, 0.25) is 0 Å². The van der Waals surface area contributed by atoms with Gasteiger partial charge in [0.1, 0.15) is 6.10 Å². The van der Waals surface area contributed by atoms with Crippen molar-refractivity contribution in [2.45, 2.75) is 57.3 Å². The van der Waals surface area contributed by atoms with Crippen LogP contribution < -0.4 is 0 Å². The number of hydrogen-bond acceptors (Lipinski definition) is 4. The molecule has 1 saturated carbocycles. The highest BCUT2D eigenvalue weighted by Crippen LogP contribution is 2.39. The second-order valence-electron chi connectivity index (χ2n) is 5.58. The van der Waals surface area contributed by atoms with Gasteiger partial charge in [-0.05, 0) is 25.3 Å². The van der Waals surface area contributed by atoms with Crippen molar-refractivity contribution in [3.05, 3.63) is 28.2 Å². The zero-order valence-electron chi connectivity index (χ0n) is 11.5. The lowest BCUT2D eigenvalue weighted by molar-refractivity contribution is -0.183. The van der Waals surface area contributed by atoms with E-state index in [-0.39, 0.29) is 11.9 Å². The van der Waals surface area contributed by atoms with Crippen molar-refractivity contribution < 1.29 is 9.47 Å². The van der Waals surface area contributed by atoms with Gasteiger partial charge in [-0.25, -0.2) is 4.98 Å². The molecule has 104 valence electrons. The standard InChI is InChI=1S/C15H21NO2S/c1-11(8-13-10-19-12(2)16-13)14-9-17-15(18-14)6-4-3-5-7-15/h10,14H,1,3-9H2,2H3/t14-/m1/s1. The molecule has 1 aromatic heterocycles. The average Bonchev–Trinajstić information content (AvgIpc) is 2.98. The number of hydrogen-bond donors (Lipinski definition) is 0. The molecule has 0 N–H and O–H groups in total. The molecule has 2 aliphatic rings. The molecule has 4 heteroatoms. The number of aromatic nitrogens is 1. The molecule has 3 nitrogen and oxygen atoms in total. The molecule has 1 saturated heterocycles. The SMILES string of the molecule is C=C(Cc1csc(C)n1)[C@H]1COC2(CCCCC2)O1. The minimum absolute atomic E-state index is 0.0418. The summed E-state index contributed by atoms with van der Waals surface area (Å²) in [6.45, 7) is 6.86. The van der Waals surface area contributed by atoms with Crippen LogP contribution in [0.5, 0.6) is 0 Å². The minimum Gasteiger partial charge on any atom is -0.347 e. The predicted molar refractivity (Wildman–Crippen MR) is 76.3 cm³/mol. The fraction of sp³-hybridized carbons (Fsp3) is 0.667. The van der Waals surface area contributed by atoms with Gasteiger partial charge >= 0.3 is 0 Å². The van der Waals surface area contributed by atoms with Gasteiger partial charge in [0.15, 0.2) is 5.79 Å². The molecule has 1 aromatic rings. The van der Waals surface area contributed by atoms with Gasteiger partial charge in [-0.3, -0.25) is 0 Å². The molecular weight excluding hydrogens is 258 g/mol. The van der Waals surface area contributed by atoms with Crippen LogP contribution in [0.25, 0.3) is 0 Å². The molecule has 1 spiro atoms. The van der Waals surface area contributed by atoms with E-state index < -0.39 is 0 Å². The van der Waals surface area contributed by atoms with E-state index in [1.165, 1.54) is 19.3 Å². The number of aryl methyl sites for hydroxylation is 1. The van der Waals surface area contributed by atoms with Crippen molar-refractivity contribution in [1.29, 1.82) is 0 Å². The maximum absolute atomic E-state index is 6.18. The van der Waals surface area contributed by atoms with E-state index in [1.807, 2.05) is 6.92 Å². The summed E-state index contributed by atoms with van der Waals surface area (Å²) < 4.78 is 12.1. The molecule has 3 rings (SSSR count). The third-order valence-corrected chi connectivity index (χ3v) is 4.82. The van der Waals surface area contributed by atoms with E-state index in [1.54, 1.807) is 11.3 Å². The first-order valence-electron chi connectivity index (χ1n) is 7.07. The van der Waals surface area contributed by atoms with Crippen molar-refractivity contribution in [1.82, 2.24) is 4.98 Å². The molecule has 2 fully saturated rings. The zero-order valence-corrected chi connectivity index (χ0v) is 12.3. The first kappa shape index (κ1) is 13.3. The van der Waals surface area contributed by atoms with E-state index >= 15 is 0 Å². The lowest BCUT2D eigenvalue weighted by Crippen LogP contribution is -2.33. The molecule has 0 radical (unpaired) electrons. The molecule has 1 atom stereocenters. The molecule has 0 bridgehead atoms. The van der Waals surface area contributed by atoms with Crippen LogP contribution in [-0.4, -0.2) is 23.5 Å². The van der Waals surface area contributed by atoms with Crippen LogP contribution >= 0.6 is 11.3 Å². The quantitative estimate of drug-likeness (QED) is 0.792. The lowest BCUT2D eigenvalue weighted by Gasteiger charge is -2.31. The Labute approximate surface area is 118 Å². The number of ether oxygens (including phenoxy) is 2. The maximum Gasteiger partial charge on any atom is 0.169 e. The van der Waals surface area contributed by atoms with Gasteiger partial charge in [0.05, 0.1) is 17.3 Å². The first-order valence-corrected chi connectivity index (χ1v) is 7.95. The average molecular weight is 279 g/mol. The third-order valence-electron chi connectivity index (χ3n) is 4.00. The van der Waals surface area contributed by atoms with Gasteiger partial charge in [-0.1, -0.05) is 13.0 Å². The predicted octanol–water partition coefficient (Wildman–Crippen LogP) is 3.63. The summed E-state index contributed by atoms with van der Waals surface area (Å²) in [7, 11) is 0. The minimum atomic E-state index is -0.302. The first-order chi connectivity index (χ1) is 9.17. The van der Waals surface area contributed by atoms with Crippen LogP contribution in [0.15, 0.2) is 17.5 Å². The Hall–Kier alpha value is -0.710. The Morgan fingerprint density at radius 2 is 2.26 bits per heavy atom. The number of thiazole rings is 1. The molecule has 2 heterocycles. The summed E-state index contributed by atoms with van der Waals surface area (Å²) in [5, 5.41) is 3.21. The normalized spacial score (nSPS) is 25.8. The highest BCUT2D eigenvalue weighted by atomic mass is 32.1. The smallest absolute Gasteiger partial charge is 0.169 e. The second kappa shape index (κ2) is 5.35. The van der Waals surface area contributed by atoms with E-state index in [0.29, 0.717) is 6.61 Å². The number of rotatable bonds is 3. The van der Waals surface area contributed by atoms with Gasteiger partial charge in [0.25, 0.3) is 0 Å². The van der Waals surface area contributed by atoms with Crippen LogP contribution in [0.2, 0.25) is 0 Å². The highest BCUT2D eigenvalue weighted by molar-refractivity contribution is 7.09. The molecule has 0 unspecified atom stereocenters. The topological polar surface area (TPSA) is 31.4 Å². The Kier molecular flexibility index (Phi) is 3.74. The monoisotopic (exact) mass is 279 g/mol. The van der Waals surface area contributed by atoms with Crippen molar-refractivity contribution in [3.8, 4) is 0 Å². The molecule has 0 aromatic carbocycles. The summed E-state index contributed by atoms with van der Waals surface area (Å²) >= 11 is 1.69. The van der Waals surface area contributed by atoms with Crippen LogP contribution in [0.1, 0.15) is 42.8 Å². The second-order valence-corrected chi connectivity index (χ2v) is 6.64. The van der Waals surface area contributed by atoms with Crippen molar-refractivity contribution in [2.75, 3.05) is 6.61 Å². The Morgan fingerprint density at radius 3 is 2.95 bits per heavy atom. The Balaban J connectivity index is 1.59. The van der Waals surface area contributed by atoms with E-state index in [4.69, 9.17) is 9.47 Å². The van der Waals surface area contributed by atoms with E-state index in [0.717, 1.165) is 35.5 Å². The fourth-order valence-electron chi connectivity index (χ4n) is 2.94. The molecular formula is C15H21NO2S. The Bertz CT molecular complexity index is 462. The summed E-state index contributed by atoms with van der Waals surface area (Å²) in [6.07, 6.45) is 6.64. The van der Waals surface area contributed by atoms with Crippen LogP contribution in [0.4, 0.5) is 0 Å². The molecule has 19 heavy (non-hydrogen) atoms. The van der Waals surface area contributed by atoms with Crippen molar-refractivity contribution in [3.63, 3.8) is 0 Å². The van der Waals surface area contributed by atoms with Gasteiger partial charge in [0, 0.05) is 24.6 Å². The summed E-state index contributed by atoms with van der Waals surface area (Å²) in [4.78, 5) is 4.49. The van der Waals surface area contributed by atoms with Gasteiger partial charge in [-0.2, -0.15) is 0 Å². The van der Waals surface area contributed by atoms with Gasteiger partial charge in [-0.15, -0.1) is 11.3 Å². The van der Waals surface area contributed by atoms with Crippen LogP contribution in [0, 0.1) is 6.92 Å². The van der Waals surface area contributed by atoms with E-state index in [9.17, 15) is 0 Å². The molecule has 1 aliphatic carbocycles. The molecule has 1 aliphatic heterocycles. The lowest BCUT2D eigenvalue weighted by atomic mass is 9.94. The highest BCUT2D eigenvalue weighted by Gasteiger charge is 2.42. The van der Waals surface area contributed by atoms with Crippen LogP contribution in [-0.2, 0) is 15.9 Å². The molecule has 0 amide bonds. The van der Waals surface area contributed by atoms with Crippen molar-refractivity contribution in [2.24, 2.45) is 0 Å². The largest absolute Gasteiger partial charge is 0.347 e. The third kappa shape index (κ3) is 2.91. The maximum atomic E-state index is 6.18. The zero-order chi connectivity index (χ0) is 13.3. The van der Waals surface area contributed by atoms with Crippen molar-refractivity contribution >= 4 is 11.3 Å². The number of nitrogens with zero attached hydrogens (tertiary/aromatic N) is 1. The van der Waals surface area contributed by atoms with Crippen LogP contribution in [0.3, 0.4) is 0 Å². The summed E-state index contributed by atoms with van der Waals surface area (Å²) in [6, 6.07) is 0. The fourth-order valence-corrected chi connectivity index (χ4v) is 3.56. The summed E-state index contributed by atoms with van der Waals surface area (Å²) in [5.74, 6) is -0.302. The Morgan fingerprint density at radius 1 is 1.47 bits per heavy atom. The van der Waals surface area contributed by atoms with Gasteiger partial charge < -0.3 is 9.47 Å². The summed E-state index contributed by atoms with van der Waals surface area (Å²) in [5.41, 5.74) is 2.19. The van der Waals surface area contributed by atoms with E-state index in [2.05, 4.69) is 16.9 Å².